The molecule has 3 rings (SSSR count). The number of methoxy groups -OCH3 is 1. The highest BCUT2D eigenvalue weighted by Crippen LogP contribution is 2.51. The van der Waals surface area contributed by atoms with Gasteiger partial charge in [0.05, 0.1) is 7.11 Å². The van der Waals surface area contributed by atoms with Crippen molar-refractivity contribution in [2.24, 2.45) is 5.92 Å². The van der Waals surface area contributed by atoms with E-state index in [9.17, 15) is 4.79 Å². The number of hydrogen-bond acceptors (Lipinski definition) is 4. The summed E-state index contributed by atoms with van der Waals surface area (Å²) >= 11 is 0. The zero-order chi connectivity index (χ0) is 18.1. The number of rotatable bonds is 4. The fourth-order valence-corrected chi connectivity index (χ4v) is 5.43. The highest BCUT2D eigenvalue weighted by molar-refractivity contribution is 6.69. The van der Waals surface area contributed by atoms with Gasteiger partial charge in [-0.1, -0.05) is 36.8 Å². The molecule has 1 aliphatic heterocycles. The number of fused-ring (bicyclic) bond motifs is 1. The van der Waals surface area contributed by atoms with Crippen LogP contribution in [0.4, 0.5) is 0 Å². The Morgan fingerprint density at radius 3 is 2.56 bits per heavy atom. The van der Waals surface area contributed by atoms with E-state index in [2.05, 4.69) is 31.8 Å². The quantitative estimate of drug-likeness (QED) is 0.582. The summed E-state index contributed by atoms with van der Waals surface area (Å²) in [6, 6.07) is 10.3. The summed E-state index contributed by atoms with van der Waals surface area (Å²) in [6.07, 6.45) is 6.00. The largest absolute Gasteiger partial charge is 0.463 e. The molecular weight excluding hydrogens is 332 g/mol. The van der Waals surface area contributed by atoms with Gasteiger partial charge in [0, 0.05) is 18.3 Å². The molecule has 3 atom stereocenters. The minimum absolute atomic E-state index is 0.0979. The molecular formula is C20H28O4Si. The van der Waals surface area contributed by atoms with Gasteiger partial charge in [0.25, 0.3) is 0 Å². The van der Waals surface area contributed by atoms with Crippen LogP contribution in [0.25, 0.3) is 0 Å². The third-order valence-electron chi connectivity index (χ3n) is 4.95. The van der Waals surface area contributed by atoms with E-state index in [0.717, 1.165) is 25.7 Å². The van der Waals surface area contributed by atoms with Gasteiger partial charge in [-0.05, 0) is 44.1 Å². The first-order valence-electron chi connectivity index (χ1n) is 9.09. The second-order valence-electron chi connectivity index (χ2n) is 7.94. The Kier molecular flexibility index (Phi) is 5.07. The van der Waals surface area contributed by atoms with Crippen molar-refractivity contribution in [3.05, 3.63) is 47.7 Å². The van der Waals surface area contributed by atoms with E-state index in [1.165, 1.54) is 12.7 Å². The Morgan fingerprint density at radius 2 is 1.92 bits per heavy atom. The maximum Gasteiger partial charge on any atom is 0.373 e. The summed E-state index contributed by atoms with van der Waals surface area (Å²) < 4.78 is 17.8. The van der Waals surface area contributed by atoms with Crippen LogP contribution < -0.4 is 0 Å². The zero-order valence-corrected chi connectivity index (χ0v) is 16.6. The van der Waals surface area contributed by atoms with Gasteiger partial charge in [-0.2, -0.15) is 0 Å². The molecule has 1 aliphatic carbocycles. The third kappa shape index (κ3) is 3.82. The maximum absolute atomic E-state index is 12.3. The molecule has 1 aromatic carbocycles. The van der Waals surface area contributed by atoms with E-state index in [4.69, 9.17) is 13.9 Å². The van der Waals surface area contributed by atoms with Crippen molar-refractivity contribution in [1.82, 2.24) is 0 Å². The van der Waals surface area contributed by atoms with Crippen LogP contribution in [0.5, 0.6) is 0 Å². The van der Waals surface area contributed by atoms with E-state index in [0.29, 0.717) is 0 Å². The van der Waals surface area contributed by atoms with Gasteiger partial charge in [-0.15, -0.1) is 0 Å². The molecule has 136 valence electrons. The fraction of sp³-hybridized carbons (Fsp3) is 0.550. The van der Waals surface area contributed by atoms with Crippen molar-refractivity contribution in [2.45, 2.75) is 57.0 Å². The molecule has 0 unspecified atom stereocenters. The third-order valence-corrected chi connectivity index (χ3v) is 5.91. The number of ether oxygens (including phenoxy) is 2. The van der Waals surface area contributed by atoms with Crippen molar-refractivity contribution < 1.29 is 18.7 Å². The van der Waals surface area contributed by atoms with Gasteiger partial charge in [-0.3, -0.25) is 0 Å². The number of esters is 1. The molecule has 0 spiro atoms. The van der Waals surface area contributed by atoms with E-state index in [1.807, 2.05) is 24.3 Å². The number of hydrogen-bond donors (Lipinski definition) is 0. The molecule has 0 N–H and O–H groups in total. The Balaban J connectivity index is 2.07. The molecule has 0 radical (unpaired) electrons. The van der Waals surface area contributed by atoms with Gasteiger partial charge in [0.15, 0.2) is 8.32 Å². The SMILES string of the molecule is COC(=O)C1=C[C@H](c2ccccc2)[C@@H]2CCCC[C@]2(O[Si](C)(C)C)O1. The van der Waals surface area contributed by atoms with Gasteiger partial charge >= 0.3 is 5.97 Å². The average Bonchev–Trinajstić information content (AvgIpc) is 2.59. The van der Waals surface area contributed by atoms with Gasteiger partial charge < -0.3 is 13.9 Å². The maximum atomic E-state index is 12.3. The molecule has 1 heterocycles. The minimum atomic E-state index is -1.87. The van der Waals surface area contributed by atoms with Crippen LogP contribution in [0.1, 0.15) is 37.2 Å². The lowest BCUT2D eigenvalue weighted by Crippen LogP contribution is -2.55. The molecule has 25 heavy (non-hydrogen) atoms. The van der Waals surface area contributed by atoms with Gasteiger partial charge in [0.2, 0.25) is 11.5 Å². The predicted molar refractivity (Wildman–Crippen MR) is 99.5 cm³/mol. The van der Waals surface area contributed by atoms with Crippen LogP contribution in [0.3, 0.4) is 0 Å². The minimum Gasteiger partial charge on any atom is -0.463 e. The standard InChI is InChI=1S/C20H28O4Si/c1-22-19(21)18-14-16(15-10-6-5-7-11-15)17-12-8-9-13-20(17,23-18)24-25(2,3)4/h5-7,10-11,14,16-17H,8-9,12-13H2,1-4H3/t16-,17+,20-/m1/s1. The summed E-state index contributed by atoms with van der Waals surface area (Å²) in [6.45, 7) is 6.51. The van der Waals surface area contributed by atoms with Gasteiger partial charge in [-0.25, -0.2) is 4.79 Å². The number of carbonyl (C=O) groups is 1. The molecule has 0 bridgehead atoms. The lowest BCUT2D eigenvalue weighted by molar-refractivity contribution is -0.230. The topological polar surface area (TPSA) is 44.8 Å². The second kappa shape index (κ2) is 6.96. The van der Waals surface area contributed by atoms with Crippen LogP contribution in [0.2, 0.25) is 19.6 Å². The number of carbonyl (C=O) groups excluding carboxylic acids is 1. The summed E-state index contributed by atoms with van der Waals surface area (Å²) in [7, 11) is -0.480. The molecule has 4 nitrogen and oxygen atoms in total. The Bertz CT molecular complexity index is 649. The highest BCUT2D eigenvalue weighted by Gasteiger charge is 2.53. The summed E-state index contributed by atoms with van der Waals surface area (Å²) in [4.78, 5) is 12.3. The van der Waals surface area contributed by atoms with Crippen molar-refractivity contribution in [3.8, 4) is 0 Å². The Hall–Kier alpha value is -1.59. The summed E-state index contributed by atoms with van der Waals surface area (Å²) in [5.74, 6) is -0.553. The lowest BCUT2D eigenvalue weighted by atomic mass is 9.71. The predicted octanol–water partition coefficient (Wildman–Crippen LogP) is 4.60. The molecule has 0 amide bonds. The summed E-state index contributed by atoms with van der Waals surface area (Å²) in [5, 5.41) is 0. The van der Waals surface area contributed by atoms with Crippen molar-refractivity contribution in [1.29, 1.82) is 0 Å². The van der Waals surface area contributed by atoms with E-state index in [1.54, 1.807) is 0 Å². The van der Waals surface area contributed by atoms with Crippen molar-refractivity contribution in [3.63, 3.8) is 0 Å². The van der Waals surface area contributed by atoms with Crippen molar-refractivity contribution >= 4 is 14.3 Å². The van der Waals surface area contributed by atoms with Crippen LogP contribution in [-0.4, -0.2) is 27.2 Å². The molecule has 1 fully saturated rings. The van der Waals surface area contributed by atoms with E-state index in [-0.39, 0.29) is 17.6 Å². The van der Waals surface area contributed by atoms with Crippen LogP contribution in [0.15, 0.2) is 42.2 Å². The van der Waals surface area contributed by atoms with Crippen molar-refractivity contribution in [2.75, 3.05) is 7.11 Å². The monoisotopic (exact) mass is 360 g/mol. The van der Waals surface area contributed by atoms with E-state index < -0.39 is 20.1 Å². The normalized spacial score (nSPS) is 29.2. The molecule has 2 aliphatic rings. The molecule has 0 saturated heterocycles. The first kappa shape index (κ1) is 18.2. The fourth-order valence-electron chi connectivity index (χ4n) is 4.10. The first-order chi connectivity index (χ1) is 11.8. The van der Waals surface area contributed by atoms with Crippen LogP contribution in [0, 0.1) is 5.92 Å². The molecule has 0 aromatic heterocycles. The van der Waals surface area contributed by atoms with Gasteiger partial charge in [0.1, 0.15) is 0 Å². The van der Waals surface area contributed by atoms with Crippen LogP contribution >= 0.6 is 0 Å². The van der Waals surface area contributed by atoms with E-state index >= 15 is 0 Å². The average molecular weight is 361 g/mol. The smallest absolute Gasteiger partial charge is 0.373 e. The Labute approximate surface area is 151 Å². The molecule has 1 saturated carbocycles. The number of allylic oxidation sites excluding steroid dienone is 1. The van der Waals surface area contributed by atoms with Crippen LogP contribution in [-0.2, 0) is 18.7 Å². The molecule has 1 aromatic rings. The zero-order valence-electron chi connectivity index (χ0n) is 15.6. The molecule has 5 heteroatoms. The highest BCUT2D eigenvalue weighted by atomic mass is 28.4. The number of benzene rings is 1. The Morgan fingerprint density at radius 1 is 1.20 bits per heavy atom. The lowest BCUT2D eigenvalue weighted by Gasteiger charge is -2.51. The second-order valence-corrected chi connectivity index (χ2v) is 12.4. The first-order valence-corrected chi connectivity index (χ1v) is 12.5. The summed E-state index contributed by atoms with van der Waals surface area (Å²) in [5.41, 5.74) is 1.20.